The molecular weight excluding hydrogens is 276 g/mol. The van der Waals surface area contributed by atoms with Gasteiger partial charge < -0.3 is 14.6 Å². The third kappa shape index (κ3) is 1.64. The van der Waals surface area contributed by atoms with Gasteiger partial charge in [-0.3, -0.25) is 4.79 Å². The van der Waals surface area contributed by atoms with Crippen molar-refractivity contribution in [1.29, 1.82) is 0 Å². The molecule has 8 atom stereocenters. The molecule has 0 radical (unpaired) electrons. The Morgan fingerprint density at radius 2 is 2.00 bits per heavy atom. The van der Waals surface area contributed by atoms with Crippen molar-refractivity contribution in [2.45, 2.75) is 63.8 Å². The number of ether oxygens (including phenoxy) is 2. The Morgan fingerprint density at radius 3 is 2.76 bits per heavy atom. The zero-order valence-corrected chi connectivity index (χ0v) is 12.6. The van der Waals surface area contributed by atoms with Crippen molar-refractivity contribution in [2.24, 2.45) is 23.7 Å². The Morgan fingerprint density at radius 1 is 1.24 bits per heavy atom. The maximum absolute atomic E-state index is 12.1. The van der Waals surface area contributed by atoms with Gasteiger partial charge in [0.05, 0.1) is 12.0 Å². The molecule has 21 heavy (non-hydrogen) atoms. The number of fused-ring (bicyclic) bond motifs is 2. The van der Waals surface area contributed by atoms with Gasteiger partial charge in [0, 0.05) is 18.3 Å². The second-order valence-electron chi connectivity index (χ2n) is 7.24. The van der Waals surface area contributed by atoms with Crippen LogP contribution in [-0.4, -0.2) is 34.9 Å². The number of hydrogen-bond acceptors (Lipinski definition) is 6. The van der Waals surface area contributed by atoms with E-state index in [1.807, 2.05) is 13.8 Å². The van der Waals surface area contributed by atoms with Crippen LogP contribution in [0.1, 0.15) is 40.0 Å². The molecule has 0 aromatic heterocycles. The normalized spacial score (nSPS) is 59.1. The standard InChI is InChI=1S/C15H22O6/c1-7-9-4-5-14(3)19-13-15(9,21-20-14)10(6-11(7)16)8(2)12(17)18-13/h7-11,13,16H,4-6H2,1-3H3/t7-,8+,9-,10-,11-,13+,14+,15+/m0/s1. The van der Waals surface area contributed by atoms with Crippen LogP contribution >= 0.6 is 0 Å². The molecule has 0 aromatic carbocycles. The van der Waals surface area contributed by atoms with Gasteiger partial charge in [0.15, 0.2) is 5.60 Å². The molecule has 0 aromatic rings. The van der Waals surface area contributed by atoms with E-state index in [-0.39, 0.29) is 29.6 Å². The maximum atomic E-state index is 12.1. The molecule has 4 heterocycles. The summed E-state index contributed by atoms with van der Waals surface area (Å²) in [5, 5.41) is 10.4. The molecule has 0 unspecified atom stereocenters. The summed E-state index contributed by atoms with van der Waals surface area (Å²) < 4.78 is 11.5. The van der Waals surface area contributed by atoms with Crippen LogP contribution in [0.4, 0.5) is 0 Å². The van der Waals surface area contributed by atoms with Crippen molar-refractivity contribution in [3.63, 3.8) is 0 Å². The lowest BCUT2D eigenvalue weighted by molar-refractivity contribution is -0.560. The minimum atomic E-state index is -0.886. The predicted octanol–water partition coefficient (Wildman–Crippen LogP) is 1.37. The van der Waals surface area contributed by atoms with Crippen LogP contribution in [0.3, 0.4) is 0 Å². The Labute approximate surface area is 123 Å². The third-order valence-corrected chi connectivity index (χ3v) is 6.09. The first-order chi connectivity index (χ1) is 9.87. The summed E-state index contributed by atoms with van der Waals surface area (Å²) in [6.45, 7) is 5.67. The summed E-state index contributed by atoms with van der Waals surface area (Å²) in [6, 6.07) is 0. The van der Waals surface area contributed by atoms with Crippen LogP contribution in [0.5, 0.6) is 0 Å². The highest BCUT2D eigenvalue weighted by Gasteiger charge is 2.71. The molecule has 5 fully saturated rings. The summed E-state index contributed by atoms with van der Waals surface area (Å²) in [7, 11) is 0. The van der Waals surface area contributed by atoms with Gasteiger partial charge in [-0.2, -0.15) is 0 Å². The van der Waals surface area contributed by atoms with Gasteiger partial charge in [0.1, 0.15) is 0 Å². The van der Waals surface area contributed by atoms with Gasteiger partial charge in [0.25, 0.3) is 0 Å². The Kier molecular flexibility index (Phi) is 2.78. The van der Waals surface area contributed by atoms with Gasteiger partial charge in [0.2, 0.25) is 12.1 Å². The smallest absolute Gasteiger partial charge is 0.311 e. The minimum absolute atomic E-state index is 0.0520. The van der Waals surface area contributed by atoms with Gasteiger partial charge >= 0.3 is 5.97 Å². The Balaban J connectivity index is 1.85. The topological polar surface area (TPSA) is 74.2 Å². The molecule has 6 heteroatoms. The van der Waals surface area contributed by atoms with Crippen molar-refractivity contribution in [2.75, 3.05) is 0 Å². The molecule has 1 aliphatic carbocycles. The van der Waals surface area contributed by atoms with Crippen molar-refractivity contribution in [3.8, 4) is 0 Å². The van der Waals surface area contributed by atoms with Crippen molar-refractivity contribution in [3.05, 3.63) is 0 Å². The number of aliphatic hydroxyl groups excluding tert-OH is 1. The van der Waals surface area contributed by atoms with Crippen LogP contribution in [0.25, 0.3) is 0 Å². The van der Waals surface area contributed by atoms with Crippen LogP contribution in [0, 0.1) is 23.7 Å². The van der Waals surface area contributed by atoms with E-state index in [4.69, 9.17) is 19.2 Å². The molecule has 5 rings (SSSR count). The minimum Gasteiger partial charge on any atom is -0.432 e. The average molecular weight is 298 g/mol. The van der Waals surface area contributed by atoms with E-state index < -0.39 is 23.8 Å². The second kappa shape index (κ2) is 4.19. The SMILES string of the molecule is C[C@@H]1[C@@H](O)C[C@H]2[C@@H](C)C(=O)O[C@@H]3O[C@@]4(C)CC[C@@H]1[C@]32OO4. The van der Waals surface area contributed by atoms with E-state index in [9.17, 15) is 9.90 Å². The van der Waals surface area contributed by atoms with E-state index in [2.05, 4.69) is 0 Å². The molecule has 6 nitrogen and oxygen atoms in total. The van der Waals surface area contributed by atoms with Gasteiger partial charge in [-0.1, -0.05) is 13.8 Å². The molecule has 4 aliphatic heterocycles. The lowest BCUT2D eigenvalue weighted by atomic mass is 9.57. The molecule has 0 amide bonds. The van der Waals surface area contributed by atoms with Crippen LogP contribution in [0.2, 0.25) is 0 Å². The number of rotatable bonds is 0. The van der Waals surface area contributed by atoms with Crippen LogP contribution in [-0.2, 0) is 24.0 Å². The van der Waals surface area contributed by atoms with E-state index in [0.717, 1.165) is 6.42 Å². The zero-order chi connectivity index (χ0) is 15.0. The maximum Gasteiger partial charge on any atom is 0.311 e. The average Bonchev–Trinajstić information content (AvgIpc) is 2.66. The monoisotopic (exact) mass is 298 g/mol. The Hall–Kier alpha value is -0.690. The molecule has 118 valence electrons. The quantitative estimate of drug-likeness (QED) is 0.538. The summed E-state index contributed by atoms with van der Waals surface area (Å²) in [4.78, 5) is 23.6. The van der Waals surface area contributed by atoms with Crippen molar-refractivity contribution in [1.82, 2.24) is 0 Å². The fourth-order valence-corrected chi connectivity index (χ4v) is 4.72. The van der Waals surface area contributed by atoms with Gasteiger partial charge in [-0.25, -0.2) is 9.78 Å². The molecule has 4 saturated heterocycles. The number of hydrogen-bond donors (Lipinski definition) is 1. The number of aliphatic hydroxyl groups is 1. The highest BCUT2D eigenvalue weighted by atomic mass is 17.3. The Bertz CT molecular complexity index is 477. The molecule has 1 spiro atoms. The number of carbonyl (C=O) groups excluding carboxylic acids is 1. The van der Waals surface area contributed by atoms with Crippen LogP contribution in [0.15, 0.2) is 0 Å². The molecule has 1 saturated carbocycles. The van der Waals surface area contributed by atoms with E-state index in [0.29, 0.717) is 12.8 Å². The largest absolute Gasteiger partial charge is 0.432 e. The molecule has 2 bridgehead atoms. The first-order valence-electron chi connectivity index (χ1n) is 7.80. The van der Waals surface area contributed by atoms with E-state index in [1.54, 1.807) is 6.92 Å². The fraction of sp³-hybridized carbons (Fsp3) is 0.933. The molecular formula is C15H22O6. The van der Waals surface area contributed by atoms with Crippen LogP contribution < -0.4 is 0 Å². The first kappa shape index (κ1) is 13.9. The summed E-state index contributed by atoms with van der Waals surface area (Å²) in [6.07, 6.45) is 0.812. The van der Waals surface area contributed by atoms with Crippen molar-refractivity contribution >= 4 is 5.97 Å². The fourth-order valence-electron chi connectivity index (χ4n) is 4.72. The number of carbonyl (C=O) groups is 1. The van der Waals surface area contributed by atoms with Gasteiger partial charge in [-0.15, -0.1) is 0 Å². The first-order valence-corrected chi connectivity index (χ1v) is 7.80. The number of esters is 1. The van der Waals surface area contributed by atoms with E-state index in [1.165, 1.54) is 0 Å². The molecule has 1 N–H and O–H groups in total. The molecule has 5 aliphatic rings. The summed E-state index contributed by atoms with van der Waals surface area (Å²) in [5.74, 6) is -1.54. The van der Waals surface area contributed by atoms with Gasteiger partial charge in [-0.05, 0) is 25.7 Å². The van der Waals surface area contributed by atoms with E-state index >= 15 is 0 Å². The highest BCUT2D eigenvalue weighted by molar-refractivity contribution is 5.74. The third-order valence-electron chi connectivity index (χ3n) is 6.09. The zero-order valence-electron chi connectivity index (χ0n) is 12.6. The lowest BCUT2D eigenvalue weighted by Gasteiger charge is -2.58. The summed E-state index contributed by atoms with van der Waals surface area (Å²) in [5.41, 5.74) is -0.790. The predicted molar refractivity (Wildman–Crippen MR) is 69.4 cm³/mol. The lowest BCUT2D eigenvalue weighted by Crippen LogP contribution is -2.71. The second-order valence-corrected chi connectivity index (χ2v) is 7.24. The summed E-state index contributed by atoms with van der Waals surface area (Å²) >= 11 is 0. The highest BCUT2D eigenvalue weighted by Crippen LogP contribution is 2.59. The van der Waals surface area contributed by atoms with Crippen molar-refractivity contribution < 1.29 is 29.1 Å².